The lowest BCUT2D eigenvalue weighted by atomic mass is 10.3. The molecule has 0 saturated carbocycles. The van der Waals surface area contributed by atoms with E-state index in [4.69, 9.17) is 5.73 Å². The minimum atomic E-state index is 0.573. The summed E-state index contributed by atoms with van der Waals surface area (Å²) in [6.45, 7) is 8.52. The minimum absolute atomic E-state index is 0.573. The van der Waals surface area contributed by atoms with Crippen molar-refractivity contribution in [1.29, 1.82) is 0 Å². The van der Waals surface area contributed by atoms with Gasteiger partial charge in [-0.15, -0.1) is 0 Å². The zero-order valence-corrected chi connectivity index (χ0v) is 7.90. The van der Waals surface area contributed by atoms with Gasteiger partial charge < -0.3 is 4.90 Å². The van der Waals surface area contributed by atoms with Crippen molar-refractivity contribution in [2.75, 3.05) is 26.2 Å². The Morgan fingerprint density at radius 3 is 1.91 bits per heavy atom. The van der Waals surface area contributed by atoms with Crippen LogP contribution in [-0.4, -0.2) is 31.1 Å². The van der Waals surface area contributed by atoms with Crippen molar-refractivity contribution in [3.63, 3.8) is 0 Å². The Hall–Kier alpha value is -0.0800. The standard InChI is InChI=1S/C9H21N2/c1-3-7-11(8-4-2)9-5-6-10/h10H,3-9H2,1-2H3. The first-order chi connectivity index (χ1) is 5.35. The highest BCUT2D eigenvalue weighted by Gasteiger charge is 1.99. The molecule has 1 radical (unpaired) electrons. The number of nitrogens with one attached hydrogen (secondary N) is 1. The van der Waals surface area contributed by atoms with Crippen LogP contribution >= 0.6 is 0 Å². The Balaban J connectivity index is 3.34. The molecular weight excluding hydrogens is 136 g/mol. The van der Waals surface area contributed by atoms with Gasteiger partial charge in [0.25, 0.3) is 0 Å². The first-order valence-electron chi connectivity index (χ1n) is 4.72. The summed E-state index contributed by atoms with van der Waals surface area (Å²) >= 11 is 0. The molecule has 67 valence electrons. The van der Waals surface area contributed by atoms with Gasteiger partial charge in [0.1, 0.15) is 0 Å². The highest BCUT2D eigenvalue weighted by Crippen LogP contribution is 1.94. The highest BCUT2D eigenvalue weighted by molar-refractivity contribution is 4.55. The lowest BCUT2D eigenvalue weighted by Crippen LogP contribution is -2.27. The maximum absolute atomic E-state index is 7.03. The molecule has 0 saturated heterocycles. The third-order valence-corrected chi connectivity index (χ3v) is 1.73. The van der Waals surface area contributed by atoms with Crippen LogP contribution in [-0.2, 0) is 0 Å². The van der Waals surface area contributed by atoms with Crippen LogP contribution in [0.1, 0.15) is 33.1 Å². The molecule has 0 unspecified atom stereocenters. The van der Waals surface area contributed by atoms with Crippen molar-refractivity contribution in [3.05, 3.63) is 0 Å². The molecule has 0 atom stereocenters. The zero-order chi connectivity index (χ0) is 8.53. The van der Waals surface area contributed by atoms with Crippen LogP contribution in [0.15, 0.2) is 0 Å². The van der Waals surface area contributed by atoms with Crippen molar-refractivity contribution >= 4 is 0 Å². The average molecular weight is 157 g/mol. The van der Waals surface area contributed by atoms with Crippen molar-refractivity contribution in [2.24, 2.45) is 0 Å². The van der Waals surface area contributed by atoms with Crippen molar-refractivity contribution in [2.45, 2.75) is 33.1 Å². The number of nitrogens with zero attached hydrogens (tertiary/aromatic N) is 1. The summed E-state index contributed by atoms with van der Waals surface area (Å²) in [5, 5.41) is 0. The fourth-order valence-corrected chi connectivity index (χ4v) is 1.27. The number of hydrogen-bond donors (Lipinski definition) is 0. The summed E-state index contributed by atoms with van der Waals surface area (Å²) in [6.07, 6.45) is 3.50. The van der Waals surface area contributed by atoms with Gasteiger partial charge >= 0.3 is 0 Å². The van der Waals surface area contributed by atoms with E-state index in [0.717, 1.165) is 13.0 Å². The van der Waals surface area contributed by atoms with Gasteiger partial charge in [-0.3, -0.25) is 5.73 Å². The van der Waals surface area contributed by atoms with Crippen LogP contribution in [0, 0.1) is 0 Å². The monoisotopic (exact) mass is 157 g/mol. The number of rotatable bonds is 7. The zero-order valence-electron chi connectivity index (χ0n) is 7.90. The van der Waals surface area contributed by atoms with E-state index in [0.29, 0.717) is 6.54 Å². The molecule has 2 heteroatoms. The minimum Gasteiger partial charge on any atom is -0.303 e. The molecule has 0 aliphatic heterocycles. The van der Waals surface area contributed by atoms with Crippen LogP contribution in [0.3, 0.4) is 0 Å². The van der Waals surface area contributed by atoms with Crippen LogP contribution in [0.4, 0.5) is 0 Å². The van der Waals surface area contributed by atoms with Crippen LogP contribution < -0.4 is 5.73 Å². The van der Waals surface area contributed by atoms with Gasteiger partial charge in [-0.05, 0) is 38.9 Å². The molecule has 0 heterocycles. The average Bonchev–Trinajstić information content (AvgIpc) is 2.01. The molecule has 0 bridgehead atoms. The predicted octanol–water partition coefficient (Wildman–Crippen LogP) is 1.78. The normalized spacial score (nSPS) is 10.9. The molecule has 0 amide bonds. The molecule has 0 aliphatic carbocycles. The quantitative estimate of drug-likeness (QED) is 0.553. The summed E-state index contributed by atoms with van der Waals surface area (Å²) in [5.74, 6) is 0. The Bertz CT molecular complexity index is 68.0. The molecule has 0 aromatic carbocycles. The van der Waals surface area contributed by atoms with Crippen molar-refractivity contribution in [1.82, 2.24) is 10.6 Å². The van der Waals surface area contributed by atoms with Crippen molar-refractivity contribution < 1.29 is 0 Å². The van der Waals surface area contributed by atoms with Gasteiger partial charge in [-0.25, -0.2) is 0 Å². The molecule has 0 aliphatic rings. The third kappa shape index (κ3) is 6.32. The summed E-state index contributed by atoms with van der Waals surface area (Å²) in [6, 6.07) is 0. The molecule has 0 spiro atoms. The van der Waals surface area contributed by atoms with E-state index in [9.17, 15) is 0 Å². The maximum atomic E-state index is 7.03. The molecule has 1 N–H and O–H groups in total. The molecule has 0 aromatic rings. The van der Waals surface area contributed by atoms with E-state index in [1.807, 2.05) is 0 Å². The summed E-state index contributed by atoms with van der Waals surface area (Å²) < 4.78 is 0. The van der Waals surface area contributed by atoms with Gasteiger partial charge in [0, 0.05) is 6.54 Å². The van der Waals surface area contributed by atoms with E-state index >= 15 is 0 Å². The molecule has 2 nitrogen and oxygen atoms in total. The Kier molecular flexibility index (Phi) is 7.96. The maximum Gasteiger partial charge on any atom is 0.0112 e. The molecular formula is C9H21N2. The molecule has 11 heavy (non-hydrogen) atoms. The molecule has 0 aromatic heterocycles. The van der Waals surface area contributed by atoms with Gasteiger partial charge in [-0.1, -0.05) is 13.8 Å². The number of hydrogen-bond acceptors (Lipinski definition) is 1. The fraction of sp³-hybridized carbons (Fsp3) is 1.00. The van der Waals surface area contributed by atoms with Crippen LogP contribution in [0.5, 0.6) is 0 Å². The van der Waals surface area contributed by atoms with Crippen molar-refractivity contribution in [3.8, 4) is 0 Å². The summed E-state index contributed by atoms with van der Waals surface area (Å²) in [7, 11) is 0. The summed E-state index contributed by atoms with van der Waals surface area (Å²) in [5.41, 5.74) is 7.03. The van der Waals surface area contributed by atoms with E-state index < -0.39 is 0 Å². The van der Waals surface area contributed by atoms with Gasteiger partial charge in [0.05, 0.1) is 0 Å². The Labute approximate surface area is 70.8 Å². The second kappa shape index (κ2) is 8.02. The lowest BCUT2D eigenvalue weighted by Gasteiger charge is -2.19. The van der Waals surface area contributed by atoms with E-state index in [-0.39, 0.29) is 0 Å². The second-order valence-electron chi connectivity index (χ2n) is 2.95. The van der Waals surface area contributed by atoms with Gasteiger partial charge in [-0.2, -0.15) is 0 Å². The van der Waals surface area contributed by atoms with Crippen LogP contribution in [0.2, 0.25) is 0 Å². The lowest BCUT2D eigenvalue weighted by molar-refractivity contribution is 0.272. The summed E-state index contributed by atoms with van der Waals surface area (Å²) in [4.78, 5) is 2.45. The van der Waals surface area contributed by atoms with Gasteiger partial charge in [0.15, 0.2) is 0 Å². The van der Waals surface area contributed by atoms with E-state index in [2.05, 4.69) is 18.7 Å². The largest absolute Gasteiger partial charge is 0.303 e. The third-order valence-electron chi connectivity index (χ3n) is 1.73. The van der Waals surface area contributed by atoms with E-state index in [1.165, 1.54) is 25.9 Å². The van der Waals surface area contributed by atoms with Crippen LogP contribution in [0.25, 0.3) is 0 Å². The SMILES string of the molecule is CCCN(CCC)CCC[NH]. The first kappa shape index (κ1) is 10.9. The van der Waals surface area contributed by atoms with E-state index in [1.54, 1.807) is 0 Å². The molecule has 0 fully saturated rings. The fourth-order valence-electron chi connectivity index (χ4n) is 1.27. The Morgan fingerprint density at radius 2 is 1.55 bits per heavy atom. The van der Waals surface area contributed by atoms with Gasteiger partial charge in [0.2, 0.25) is 0 Å². The topological polar surface area (TPSA) is 27.0 Å². The predicted molar refractivity (Wildman–Crippen MR) is 49.6 cm³/mol. The first-order valence-corrected chi connectivity index (χ1v) is 4.72. The Morgan fingerprint density at radius 1 is 1.00 bits per heavy atom. The smallest absolute Gasteiger partial charge is 0.0112 e. The highest BCUT2D eigenvalue weighted by atomic mass is 15.1. The molecule has 0 rings (SSSR count). The second-order valence-corrected chi connectivity index (χ2v) is 2.95.